The van der Waals surface area contributed by atoms with E-state index in [4.69, 9.17) is 14.6 Å². The number of carboxylic acid groups (broad SMARTS) is 2. The molecule has 1 aliphatic heterocycles. The lowest BCUT2D eigenvalue weighted by molar-refractivity contribution is -0.192. The molecule has 338 valence electrons. The summed E-state index contributed by atoms with van der Waals surface area (Å²) in [6.07, 6.45) is -1.69. The molecule has 3 aromatic carbocycles. The SMILES string of the molecule is Cc1cc(C(=O)N2CCN(C(=O)O)CC2)ccc1-c1ccc(C[C@H](NC(=O)C2CCC(CNC(=O)OC(C)(C)C)CC2)C(=O)Nc2ccc3cn[nH]c3c2)cc1.O=C(O)C(F)(F)F. The van der Waals surface area contributed by atoms with Crippen molar-refractivity contribution in [1.29, 1.82) is 0 Å². The largest absolute Gasteiger partial charge is 0.490 e. The predicted octanol–water partition coefficient (Wildman–Crippen LogP) is 6.60. The summed E-state index contributed by atoms with van der Waals surface area (Å²) in [5, 5.41) is 33.1. The van der Waals surface area contributed by atoms with Gasteiger partial charge >= 0.3 is 24.3 Å². The van der Waals surface area contributed by atoms with E-state index in [0.29, 0.717) is 43.7 Å². The Morgan fingerprint density at radius 1 is 0.873 bits per heavy atom. The Kier molecular flexibility index (Phi) is 15.4. The monoisotopic (exact) mass is 879 g/mol. The maximum absolute atomic E-state index is 13.8. The number of benzene rings is 3. The Hall–Kier alpha value is -6.66. The van der Waals surface area contributed by atoms with E-state index in [-0.39, 0.29) is 49.1 Å². The molecule has 4 aromatic rings. The summed E-state index contributed by atoms with van der Waals surface area (Å²) < 4.78 is 37.1. The van der Waals surface area contributed by atoms with Gasteiger partial charge in [0.25, 0.3) is 5.91 Å². The van der Waals surface area contributed by atoms with Crippen LogP contribution in [0.1, 0.15) is 67.9 Å². The number of anilines is 1. The Bertz CT molecular complexity index is 2280. The lowest BCUT2D eigenvalue weighted by Crippen LogP contribution is -2.50. The molecule has 1 saturated carbocycles. The van der Waals surface area contributed by atoms with Gasteiger partial charge in [0.15, 0.2) is 0 Å². The smallest absolute Gasteiger partial charge is 0.475 e. The second-order valence-electron chi connectivity index (χ2n) is 16.6. The molecule has 1 saturated heterocycles. The van der Waals surface area contributed by atoms with Gasteiger partial charge in [-0.3, -0.25) is 19.5 Å². The molecule has 1 aromatic heterocycles. The van der Waals surface area contributed by atoms with Crippen LogP contribution in [-0.4, -0.2) is 117 Å². The first-order valence-corrected chi connectivity index (χ1v) is 20.4. The van der Waals surface area contributed by atoms with Crippen LogP contribution in [0.3, 0.4) is 0 Å². The standard InChI is InChI=1S/C42H51N7O7.C2HF3O2/c1-26-21-31(39(52)48-17-19-49(20-18-48)41(54)55)14-16-34(26)29-9-5-27(6-10-29)22-36(38(51)45-33-15-13-32-25-44-47-35(32)23-33)46-37(50)30-11-7-28(8-12-30)24-43-40(53)56-42(2,3)4;3-2(4,5)1(6)7/h5-6,9-10,13-16,21,23,25,28,30,36H,7-8,11-12,17-20,22,24H2,1-4H3,(H,43,53)(H,44,47)(H,45,51)(H,46,50)(H,54,55);(H,6,7)/t28?,30?,36-;/m0./s1. The molecule has 0 bridgehead atoms. The van der Waals surface area contributed by atoms with Crippen molar-refractivity contribution in [3.05, 3.63) is 83.6 Å². The predicted molar refractivity (Wildman–Crippen MR) is 226 cm³/mol. The summed E-state index contributed by atoms with van der Waals surface area (Å²) in [7, 11) is 0. The number of carbonyl (C=O) groups excluding carboxylic acids is 4. The van der Waals surface area contributed by atoms with Crippen molar-refractivity contribution in [3.8, 4) is 11.1 Å². The van der Waals surface area contributed by atoms with Crippen LogP contribution in [0.4, 0.5) is 28.4 Å². The number of nitrogens with one attached hydrogen (secondary N) is 4. The summed E-state index contributed by atoms with van der Waals surface area (Å²) >= 11 is 0. The van der Waals surface area contributed by atoms with Crippen molar-refractivity contribution < 1.29 is 56.9 Å². The first kappa shape index (κ1) is 47.4. The molecule has 16 nitrogen and oxygen atoms in total. The molecule has 0 spiro atoms. The molecule has 1 atom stereocenters. The Balaban J connectivity index is 0.000000985. The van der Waals surface area contributed by atoms with Crippen molar-refractivity contribution >= 4 is 52.5 Å². The molecule has 6 rings (SSSR count). The van der Waals surface area contributed by atoms with E-state index in [1.165, 1.54) is 4.90 Å². The zero-order valence-corrected chi connectivity index (χ0v) is 35.4. The number of rotatable bonds is 10. The zero-order valence-electron chi connectivity index (χ0n) is 35.4. The maximum Gasteiger partial charge on any atom is 0.490 e. The Morgan fingerprint density at radius 3 is 2.10 bits per heavy atom. The van der Waals surface area contributed by atoms with Gasteiger partial charge in [-0.25, -0.2) is 14.4 Å². The summed E-state index contributed by atoms with van der Waals surface area (Å²) in [6, 6.07) is 18.0. The van der Waals surface area contributed by atoms with E-state index in [0.717, 1.165) is 46.0 Å². The van der Waals surface area contributed by atoms with E-state index in [2.05, 4.69) is 26.1 Å². The highest BCUT2D eigenvalue weighted by Crippen LogP contribution is 2.30. The highest BCUT2D eigenvalue weighted by atomic mass is 19.4. The molecule has 0 unspecified atom stereocenters. The number of aryl methyl sites for hydroxylation is 1. The van der Waals surface area contributed by atoms with Gasteiger partial charge in [0.1, 0.15) is 11.6 Å². The Morgan fingerprint density at radius 2 is 1.51 bits per heavy atom. The molecule has 1 aliphatic carbocycles. The first-order valence-electron chi connectivity index (χ1n) is 20.4. The average molecular weight is 880 g/mol. The fourth-order valence-electron chi connectivity index (χ4n) is 7.37. The van der Waals surface area contributed by atoms with Crippen LogP contribution in [0.2, 0.25) is 0 Å². The van der Waals surface area contributed by atoms with E-state index >= 15 is 0 Å². The normalized spacial score (nSPS) is 17.1. The first-order chi connectivity index (χ1) is 29.7. The van der Waals surface area contributed by atoms with Crippen LogP contribution in [-0.2, 0) is 25.5 Å². The minimum atomic E-state index is -5.08. The minimum absolute atomic E-state index is 0.126. The number of carbonyl (C=O) groups is 6. The quantitative estimate of drug-likeness (QED) is 0.100. The zero-order chi connectivity index (χ0) is 46.1. The molecular weight excluding hydrogens is 828 g/mol. The lowest BCUT2D eigenvalue weighted by Gasteiger charge is -2.33. The number of piperazine rings is 1. The molecule has 5 amide bonds. The van der Waals surface area contributed by atoms with Gasteiger partial charge in [0, 0.05) is 61.7 Å². The van der Waals surface area contributed by atoms with E-state index < -0.39 is 36.0 Å². The second-order valence-corrected chi connectivity index (χ2v) is 16.6. The van der Waals surface area contributed by atoms with Gasteiger partial charge in [-0.2, -0.15) is 18.3 Å². The van der Waals surface area contributed by atoms with Gasteiger partial charge in [0.05, 0.1) is 11.7 Å². The summed E-state index contributed by atoms with van der Waals surface area (Å²) in [5.74, 6) is -3.40. The van der Waals surface area contributed by atoms with Crippen molar-refractivity contribution in [2.45, 2.75) is 77.6 Å². The molecule has 2 aliphatic rings. The number of aliphatic carboxylic acids is 1. The molecule has 63 heavy (non-hydrogen) atoms. The van der Waals surface area contributed by atoms with Crippen molar-refractivity contribution in [2.75, 3.05) is 38.0 Å². The average Bonchev–Trinajstić information content (AvgIpc) is 3.70. The molecule has 2 heterocycles. The number of nitrogens with zero attached hydrogens (tertiary/aromatic N) is 3. The summed E-state index contributed by atoms with van der Waals surface area (Å²) in [4.78, 5) is 76.0. The lowest BCUT2D eigenvalue weighted by atomic mass is 9.81. The molecule has 6 N–H and O–H groups in total. The fraction of sp³-hybridized carbons (Fsp3) is 0.432. The van der Waals surface area contributed by atoms with Crippen LogP contribution >= 0.6 is 0 Å². The van der Waals surface area contributed by atoms with Gasteiger partial charge < -0.3 is 40.7 Å². The number of fused-ring (bicyclic) bond motifs is 1. The topological polar surface area (TPSA) is 223 Å². The van der Waals surface area contributed by atoms with E-state index in [1.807, 2.05) is 70.2 Å². The number of hydrogen-bond acceptors (Lipinski definition) is 8. The van der Waals surface area contributed by atoms with Gasteiger partial charge in [0.2, 0.25) is 11.8 Å². The third-order valence-electron chi connectivity index (χ3n) is 10.8. The highest BCUT2D eigenvalue weighted by Gasteiger charge is 2.38. The van der Waals surface area contributed by atoms with E-state index in [1.54, 1.807) is 29.3 Å². The van der Waals surface area contributed by atoms with Gasteiger partial charge in [-0.1, -0.05) is 30.3 Å². The van der Waals surface area contributed by atoms with Crippen LogP contribution in [0, 0.1) is 18.8 Å². The number of amides is 5. The van der Waals surface area contributed by atoms with Crippen LogP contribution in [0.25, 0.3) is 22.0 Å². The van der Waals surface area contributed by atoms with E-state index in [9.17, 15) is 42.3 Å². The number of aromatic nitrogens is 2. The Labute approximate surface area is 361 Å². The number of hydrogen-bond donors (Lipinski definition) is 6. The van der Waals surface area contributed by atoms with Gasteiger partial charge in [-0.05, 0) is 112 Å². The number of halogens is 3. The summed E-state index contributed by atoms with van der Waals surface area (Å²) in [6.45, 7) is 9.17. The number of alkyl carbamates (subject to hydrolysis) is 1. The summed E-state index contributed by atoms with van der Waals surface area (Å²) in [5.41, 5.74) is 5.02. The number of alkyl halides is 3. The molecule has 19 heteroatoms. The van der Waals surface area contributed by atoms with Crippen molar-refractivity contribution in [1.82, 2.24) is 30.6 Å². The second kappa shape index (κ2) is 20.5. The molecular formula is C44H52F3N7O9. The fourth-order valence-corrected chi connectivity index (χ4v) is 7.37. The van der Waals surface area contributed by atoms with Crippen molar-refractivity contribution in [2.24, 2.45) is 11.8 Å². The number of H-pyrrole nitrogens is 1. The third kappa shape index (κ3) is 13.7. The number of carboxylic acids is 1. The molecule has 0 radical (unpaired) electrons. The third-order valence-corrected chi connectivity index (χ3v) is 10.8. The maximum atomic E-state index is 13.8. The number of aromatic amines is 1. The van der Waals surface area contributed by atoms with Crippen LogP contribution in [0.15, 0.2) is 66.9 Å². The van der Waals surface area contributed by atoms with Crippen LogP contribution in [0.5, 0.6) is 0 Å². The minimum Gasteiger partial charge on any atom is -0.475 e. The van der Waals surface area contributed by atoms with Gasteiger partial charge in [-0.15, -0.1) is 0 Å². The molecule has 2 fully saturated rings. The van der Waals surface area contributed by atoms with Crippen LogP contribution < -0.4 is 16.0 Å². The number of ether oxygens (including phenoxy) is 1. The van der Waals surface area contributed by atoms with Crippen molar-refractivity contribution in [3.63, 3.8) is 0 Å². The highest BCUT2D eigenvalue weighted by molar-refractivity contribution is 5.99.